The fourth-order valence-electron chi connectivity index (χ4n) is 2.23. The van der Waals surface area contributed by atoms with Crippen molar-refractivity contribution in [2.24, 2.45) is 0 Å². The van der Waals surface area contributed by atoms with Gasteiger partial charge in [-0.2, -0.15) is 11.8 Å². The maximum atomic E-state index is 9.45. The van der Waals surface area contributed by atoms with Gasteiger partial charge in [0, 0.05) is 29.6 Å². The molecule has 3 nitrogen and oxygen atoms in total. The molecule has 0 radical (unpaired) electrons. The van der Waals surface area contributed by atoms with Crippen molar-refractivity contribution in [1.29, 1.82) is 0 Å². The topological polar surface area (TPSA) is 35.5 Å². The molecule has 1 aliphatic heterocycles. The fourth-order valence-corrected chi connectivity index (χ4v) is 3.10. The van der Waals surface area contributed by atoms with Gasteiger partial charge in [-0.3, -0.25) is 0 Å². The van der Waals surface area contributed by atoms with E-state index in [4.69, 9.17) is 0 Å². The van der Waals surface area contributed by atoms with Gasteiger partial charge in [0.2, 0.25) is 0 Å². The first kappa shape index (κ1) is 17.3. The number of thioether (sulfide) groups is 1. The largest absolute Gasteiger partial charge is 0.393 e. The third-order valence-corrected chi connectivity index (χ3v) is 5.00. The summed E-state index contributed by atoms with van der Waals surface area (Å²) in [4.78, 5) is 2.48. The van der Waals surface area contributed by atoms with E-state index in [1.165, 1.54) is 18.7 Å². The highest BCUT2D eigenvalue weighted by Gasteiger charge is 2.16. The average Bonchev–Trinajstić information content (AvgIpc) is 2.33. The van der Waals surface area contributed by atoms with E-state index in [-0.39, 0.29) is 6.10 Å². The Bertz CT molecular complexity index is 235. The van der Waals surface area contributed by atoms with Crippen molar-refractivity contribution in [3.63, 3.8) is 0 Å². The van der Waals surface area contributed by atoms with E-state index >= 15 is 0 Å². The summed E-state index contributed by atoms with van der Waals surface area (Å²) in [5.41, 5.74) is 0. The van der Waals surface area contributed by atoms with Gasteiger partial charge in [-0.25, -0.2) is 0 Å². The molecule has 0 aliphatic carbocycles. The lowest BCUT2D eigenvalue weighted by Gasteiger charge is -2.29. The second-order valence-corrected chi connectivity index (χ2v) is 8.55. The molecule has 19 heavy (non-hydrogen) atoms. The summed E-state index contributed by atoms with van der Waals surface area (Å²) in [6.45, 7) is 13.5. The van der Waals surface area contributed by atoms with Gasteiger partial charge in [-0.15, -0.1) is 0 Å². The van der Waals surface area contributed by atoms with Crippen molar-refractivity contribution in [3.8, 4) is 0 Å². The van der Waals surface area contributed by atoms with Crippen LogP contribution in [0.4, 0.5) is 0 Å². The Morgan fingerprint density at radius 2 is 1.95 bits per heavy atom. The molecule has 1 rings (SSSR count). The number of aliphatic hydroxyl groups is 1. The van der Waals surface area contributed by atoms with E-state index in [0.717, 1.165) is 32.5 Å². The van der Waals surface area contributed by atoms with E-state index < -0.39 is 0 Å². The zero-order valence-corrected chi connectivity index (χ0v) is 13.9. The van der Waals surface area contributed by atoms with Gasteiger partial charge in [0.05, 0.1) is 6.10 Å². The van der Waals surface area contributed by atoms with Crippen LogP contribution in [0.3, 0.4) is 0 Å². The normalized spacial score (nSPS) is 20.7. The Labute approximate surface area is 123 Å². The van der Waals surface area contributed by atoms with Crippen molar-refractivity contribution in [2.45, 2.75) is 63.9 Å². The monoisotopic (exact) mass is 288 g/mol. The number of nitrogens with zero attached hydrogens (tertiary/aromatic N) is 1. The van der Waals surface area contributed by atoms with Crippen LogP contribution in [0.5, 0.6) is 0 Å². The molecule has 1 fully saturated rings. The minimum Gasteiger partial charge on any atom is -0.393 e. The molecule has 4 heteroatoms. The van der Waals surface area contributed by atoms with Crippen LogP contribution in [0.1, 0.15) is 47.0 Å². The smallest absolute Gasteiger partial charge is 0.0564 e. The van der Waals surface area contributed by atoms with Gasteiger partial charge in [-0.1, -0.05) is 20.8 Å². The van der Waals surface area contributed by atoms with Crippen molar-refractivity contribution < 1.29 is 5.11 Å². The van der Waals surface area contributed by atoms with Gasteiger partial charge < -0.3 is 15.3 Å². The number of hydrogen-bond acceptors (Lipinski definition) is 4. The Morgan fingerprint density at radius 1 is 1.32 bits per heavy atom. The maximum Gasteiger partial charge on any atom is 0.0564 e. The summed E-state index contributed by atoms with van der Waals surface area (Å²) in [5, 5.41) is 13.1. The molecule has 1 saturated heterocycles. The van der Waals surface area contributed by atoms with E-state index in [0.29, 0.717) is 10.8 Å². The highest BCUT2D eigenvalue weighted by atomic mass is 32.2. The number of nitrogens with one attached hydrogen (secondary N) is 1. The van der Waals surface area contributed by atoms with Gasteiger partial charge in [0.15, 0.2) is 0 Å². The molecule has 0 saturated carbocycles. The second kappa shape index (κ2) is 8.50. The van der Waals surface area contributed by atoms with Crippen LogP contribution in [0.15, 0.2) is 0 Å². The molecule has 0 aromatic rings. The Morgan fingerprint density at radius 3 is 2.53 bits per heavy atom. The minimum atomic E-state index is -0.0520. The van der Waals surface area contributed by atoms with E-state index in [2.05, 4.69) is 37.9 Å². The number of aliphatic hydroxyl groups excluding tert-OH is 1. The van der Waals surface area contributed by atoms with E-state index in [9.17, 15) is 5.11 Å². The number of hydrogen-bond donors (Lipinski definition) is 2. The molecular formula is C15H32N2OS. The molecule has 0 amide bonds. The second-order valence-electron chi connectivity index (χ2n) is 6.70. The molecule has 114 valence electrons. The third kappa shape index (κ3) is 8.90. The van der Waals surface area contributed by atoms with Crippen molar-refractivity contribution in [2.75, 3.05) is 31.9 Å². The molecule has 0 aromatic carbocycles. The quantitative estimate of drug-likeness (QED) is 0.705. The van der Waals surface area contributed by atoms with Crippen LogP contribution in [0, 0.1) is 0 Å². The van der Waals surface area contributed by atoms with Gasteiger partial charge in [0.25, 0.3) is 0 Å². The SMILES string of the molecule is CC(CSC(C)(C)C)NCCCN1CCC(O)CC1. The third-order valence-electron chi connectivity index (χ3n) is 3.47. The molecular weight excluding hydrogens is 256 g/mol. The first-order valence-electron chi connectivity index (χ1n) is 7.64. The lowest BCUT2D eigenvalue weighted by atomic mass is 10.1. The van der Waals surface area contributed by atoms with Crippen molar-refractivity contribution in [1.82, 2.24) is 10.2 Å². The first-order chi connectivity index (χ1) is 8.87. The minimum absolute atomic E-state index is 0.0520. The van der Waals surface area contributed by atoms with Crippen molar-refractivity contribution >= 4 is 11.8 Å². The van der Waals surface area contributed by atoms with Crippen LogP contribution in [0.25, 0.3) is 0 Å². The fraction of sp³-hybridized carbons (Fsp3) is 1.00. The maximum absolute atomic E-state index is 9.45. The first-order valence-corrected chi connectivity index (χ1v) is 8.63. The van der Waals surface area contributed by atoms with Crippen molar-refractivity contribution in [3.05, 3.63) is 0 Å². The summed E-state index contributed by atoms with van der Waals surface area (Å²) in [7, 11) is 0. The van der Waals surface area contributed by atoms with Crippen LogP contribution < -0.4 is 5.32 Å². The number of likely N-dealkylation sites (tertiary alicyclic amines) is 1. The highest BCUT2D eigenvalue weighted by molar-refractivity contribution is 8.00. The number of piperidine rings is 1. The summed E-state index contributed by atoms with van der Waals surface area (Å²) >= 11 is 2.03. The molecule has 1 heterocycles. The highest BCUT2D eigenvalue weighted by Crippen LogP contribution is 2.23. The summed E-state index contributed by atoms with van der Waals surface area (Å²) in [5.74, 6) is 1.18. The zero-order valence-electron chi connectivity index (χ0n) is 13.1. The van der Waals surface area contributed by atoms with Gasteiger partial charge >= 0.3 is 0 Å². The number of rotatable bonds is 7. The zero-order chi connectivity index (χ0) is 14.3. The van der Waals surface area contributed by atoms with Gasteiger partial charge in [-0.05, 0) is 39.3 Å². The van der Waals surface area contributed by atoms with E-state index in [1.807, 2.05) is 11.8 Å². The summed E-state index contributed by atoms with van der Waals surface area (Å²) in [6, 6.07) is 0.590. The lowest BCUT2D eigenvalue weighted by Crippen LogP contribution is -2.38. The van der Waals surface area contributed by atoms with Crippen LogP contribution in [0.2, 0.25) is 0 Å². The Balaban J connectivity index is 1.98. The Hall–Kier alpha value is 0.230. The van der Waals surface area contributed by atoms with E-state index in [1.54, 1.807) is 0 Å². The molecule has 0 bridgehead atoms. The molecule has 0 spiro atoms. The molecule has 1 unspecified atom stereocenters. The molecule has 2 N–H and O–H groups in total. The Kier molecular flexibility index (Phi) is 7.73. The molecule has 1 aliphatic rings. The van der Waals surface area contributed by atoms with Crippen LogP contribution >= 0.6 is 11.8 Å². The van der Waals surface area contributed by atoms with Gasteiger partial charge in [0.1, 0.15) is 0 Å². The predicted molar refractivity (Wildman–Crippen MR) is 86.0 cm³/mol. The van der Waals surface area contributed by atoms with Crippen LogP contribution in [-0.4, -0.2) is 58.8 Å². The summed E-state index contributed by atoms with van der Waals surface area (Å²) in [6.07, 6.45) is 3.06. The lowest BCUT2D eigenvalue weighted by molar-refractivity contribution is 0.0821. The average molecular weight is 289 g/mol. The molecule has 0 aromatic heterocycles. The summed E-state index contributed by atoms with van der Waals surface area (Å²) < 4.78 is 0.366. The molecule has 1 atom stereocenters. The standard InChI is InChI=1S/C15H32N2OS/c1-13(12-19-15(2,3)4)16-8-5-9-17-10-6-14(18)7-11-17/h13-14,16,18H,5-12H2,1-4H3. The van der Waals surface area contributed by atoms with Crippen LogP contribution in [-0.2, 0) is 0 Å². The predicted octanol–water partition coefficient (Wildman–Crippen LogP) is 2.34.